The summed E-state index contributed by atoms with van der Waals surface area (Å²) in [4.78, 5) is 46.2. The van der Waals surface area contributed by atoms with Crippen LogP contribution in [-0.2, 0) is 9.47 Å². The second kappa shape index (κ2) is 12.9. The highest BCUT2D eigenvalue weighted by Crippen LogP contribution is 2.44. The van der Waals surface area contributed by atoms with Crippen molar-refractivity contribution in [2.24, 2.45) is 0 Å². The molecule has 0 unspecified atom stereocenters. The third kappa shape index (κ3) is 6.36. The van der Waals surface area contributed by atoms with E-state index in [-0.39, 0.29) is 60.5 Å². The third-order valence-corrected chi connectivity index (χ3v) is 8.79. The molecule has 47 heavy (non-hydrogen) atoms. The molecule has 2 amide bonds. The number of ether oxygens (including phenoxy) is 2. The van der Waals surface area contributed by atoms with Crippen LogP contribution in [0.4, 0.5) is 14.0 Å². The van der Waals surface area contributed by atoms with Crippen molar-refractivity contribution in [3.8, 4) is 11.1 Å². The maximum Gasteiger partial charge on any atom is 0.410 e. The first kappa shape index (κ1) is 32.3. The summed E-state index contributed by atoms with van der Waals surface area (Å²) in [6.07, 6.45) is -0.821. The number of aromatic nitrogens is 2. The smallest absolute Gasteiger partial charge is 0.410 e. The molecule has 0 spiro atoms. The van der Waals surface area contributed by atoms with E-state index in [2.05, 4.69) is 22.4 Å². The summed E-state index contributed by atoms with van der Waals surface area (Å²) in [6.45, 7) is 8.37. The minimum absolute atomic E-state index is 0.0594. The molecule has 2 heterocycles. The van der Waals surface area contributed by atoms with Gasteiger partial charge in [-0.15, -0.1) is 0 Å². The van der Waals surface area contributed by atoms with Crippen molar-refractivity contribution in [1.29, 1.82) is 0 Å². The van der Waals surface area contributed by atoms with Crippen molar-refractivity contribution in [3.63, 3.8) is 0 Å². The summed E-state index contributed by atoms with van der Waals surface area (Å²) in [6, 6.07) is 17.8. The highest BCUT2D eigenvalue weighted by Gasteiger charge is 2.32. The molecule has 4 aromatic rings. The number of hydrogen-bond acceptors (Lipinski definition) is 7. The first-order valence-electron chi connectivity index (χ1n) is 15.7. The van der Waals surface area contributed by atoms with Crippen molar-refractivity contribution in [2.75, 3.05) is 37.8 Å². The van der Waals surface area contributed by atoms with E-state index in [4.69, 9.17) is 21.1 Å². The molecule has 1 aromatic heterocycles. The normalized spacial score (nSPS) is 15.3. The number of carbonyl (C=O) groups excluding carboxylic acids is 2. The summed E-state index contributed by atoms with van der Waals surface area (Å²) in [7, 11) is 0. The number of carbonyl (C=O) groups is 2. The molecule has 2 aliphatic rings. The Morgan fingerprint density at radius 1 is 1.00 bits per heavy atom. The lowest BCUT2D eigenvalue weighted by molar-refractivity contribution is 0.0231. The number of benzene rings is 3. The van der Waals surface area contributed by atoms with Crippen molar-refractivity contribution >= 4 is 34.7 Å². The highest BCUT2D eigenvalue weighted by molar-refractivity contribution is 6.35. The highest BCUT2D eigenvalue weighted by atomic mass is 35.5. The van der Waals surface area contributed by atoms with Crippen molar-refractivity contribution in [3.05, 3.63) is 98.8 Å². The van der Waals surface area contributed by atoms with Crippen LogP contribution in [0.15, 0.2) is 65.5 Å². The number of rotatable bonds is 6. The number of halogens is 2. The molecule has 0 saturated carbocycles. The second-order valence-electron chi connectivity index (χ2n) is 12.7. The molecule has 246 valence electrons. The third-order valence-electron chi connectivity index (χ3n) is 8.47. The van der Waals surface area contributed by atoms with Gasteiger partial charge >= 0.3 is 12.2 Å². The molecule has 6 rings (SSSR count). The quantitative estimate of drug-likeness (QED) is 0.256. The average molecular weight is 662 g/mol. The Kier molecular flexibility index (Phi) is 8.84. The van der Waals surface area contributed by atoms with E-state index in [9.17, 15) is 14.4 Å². The molecular weight excluding hydrogens is 625 g/mol. The van der Waals surface area contributed by atoms with Gasteiger partial charge in [0.1, 0.15) is 23.5 Å². The van der Waals surface area contributed by atoms with Gasteiger partial charge in [0.2, 0.25) is 0 Å². The van der Waals surface area contributed by atoms with Crippen molar-refractivity contribution < 1.29 is 23.5 Å². The molecule has 1 N–H and O–H groups in total. The maximum absolute atomic E-state index is 15.1. The van der Waals surface area contributed by atoms with Gasteiger partial charge in [-0.2, -0.15) is 0 Å². The van der Waals surface area contributed by atoms with Crippen LogP contribution in [0.1, 0.15) is 63.0 Å². The van der Waals surface area contributed by atoms with E-state index in [1.54, 1.807) is 30.7 Å². The van der Waals surface area contributed by atoms with E-state index >= 15 is 4.39 Å². The summed E-state index contributed by atoms with van der Waals surface area (Å²) >= 11 is 6.40. The first-order valence-corrected chi connectivity index (χ1v) is 16.1. The summed E-state index contributed by atoms with van der Waals surface area (Å²) in [5.41, 5.74) is 2.97. The van der Waals surface area contributed by atoms with Gasteiger partial charge in [0, 0.05) is 19.0 Å². The van der Waals surface area contributed by atoms with Crippen LogP contribution in [0, 0.1) is 5.82 Å². The Morgan fingerprint density at radius 2 is 1.62 bits per heavy atom. The zero-order chi connectivity index (χ0) is 33.5. The number of nitrogens with zero attached hydrogens (tertiary/aromatic N) is 4. The molecule has 1 fully saturated rings. The lowest BCUT2D eigenvalue weighted by Gasteiger charge is -2.38. The molecule has 1 aliphatic carbocycles. The molecule has 0 radical (unpaired) electrons. The molecule has 0 bridgehead atoms. The molecule has 10 nitrogen and oxygen atoms in total. The Hall–Kier alpha value is -4.64. The number of nitrogens with one attached hydrogen (secondary N) is 1. The lowest BCUT2D eigenvalue weighted by atomic mass is 9.98. The fraction of sp³-hybridized carbons (Fsp3) is 0.371. The van der Waals surface area contributed by atoms with Crippen LogP contribution >= 0.6 is 11.6 Å². The molecule has 1 saturated heterocycles. The number of alkyl carbamates (subject to hydrolysis) is 1. The second-order valence-corrected chi connectivity index (χ2v) is 13.1. The minimum atomic E-state index is -0.815. The summed E-state index contributed by atoms with van der Waals surface area (Å²) < 4.78 is 27.7. The van der Waals surface area contributed by atoms with Gasteiger partial charge in [0.25, 0.3) is 5.56 Å². The van der Waals surface area contributed by atoms with Gasteiger partial charge in [-0.1, -0.05) is 67.1 Å². The number of amides is 2. The first-order chi connectivity index (χ1) is 22.5. The van der Waals surface area contributed by atoms with E-state index < -0.39 is 35.2 Å². The predicted molar refractivity (Wildman–Crippen MR) is 178 cm³/mol. The molecule has 1 aliphatic heterocycles. The average Bonchev–Trinajstić information content (AvgIpc) is 3.37. The predicted octanol–water partition coefficient (Wildman–Crippen LogP) is 6.37. The Labute approximate surface area is 277 Å². The summed E-state index contributed by atoms with van der Waals surface area (Å²) in [5.74, 6) is -0.714. The van der Waals surface area contributed by atoms with Gasteiger partial charge in [0.05, 0.1) is 29.5 Å². The van der Waals surface area contributed by atoms with Crippen molar-refractivity contribution in [1.82, 2.24) is 19.9 Å². The van der Waals surface area contributed by atoms with Crippen LogP contribution < -0.4 is 15.9 Å². The van der Waals surface area contributed by atoms with E-state index in [1.165, 1.54) is 10.7 Å². The van der Waals surface area contributed by atoms with E-state index in [0.717, 1.165) is 28.3 Å². The van der Waals surface area contributed by atoms with Crippen molar-refractivity contribution in [2.45, 2.75) is 51.7 Å². The topological polar surface area (TPSA) is 106 Å². The zero-order valence-electron chi connectivity index (χ0n) is 26.8. The number of fused-ring (bicyclic) bond motifs is 4. The lowest BCUT2D eigenvalue weighted by Crippen LogP contribution is -2.57. The van der Waals surface area contributed by atoms with Gasteiger partial charge in [-0.05, 0) is 61.6 Å². The fourth-order valence-corrected chi connectivity index (χ4v) is 6.49. The van der Waals surface area contributed by atoms with Crippen LogP contribution in [0.5, 0.6) is 0 Å². The van der Waals surface area contributed by atoms with Gasteiger partial charge in [-0.3, -0.25) is 4.79 Å². The number of piperazine rings is 1. The standard InChI is InChI=1S/C35H37ClFN5O5/c1-5-28(38-33(44)46-20-25-23-12-8-6-10-21(23)22-11-7-9-13-24(22)25)31-39-30-27(37)15-14-26(36)29(30)32(43)42(31)41-18-16-40(17-19-41)34(45)47-35(2,3)4/h6-15,25,28H,5,16-20H2,1-4H3,(H,38,44)/t28-/m0/s1. The van der Waals surface area contributed by atoms with Gasteiger partial charge < -0.3 is 24.7 Å². The van der Waals surface area contributed by atoms with Gasteiger partial charge in [-0.25, -0.2) is 23.6 Å². The molecular formula is C35H37ClFN5O5. The van der Waals surface area contributed by atoms with Crippen LogP contribution in [-0.4, -0.2) is 65.1 Å². The Morgan fingerprint density at radius 3 is 2.21 bits per heavy atom. The number of hydrogen-bond donors (Lipinski definition) is 1. The monoisotopic (exact) mass is 661 g/mol. The summed E-state index contributed by atoms with van der Waals surface area (Å²) in [5, 5.41) is 4.58. The SMILES string of the molecule is CC[C@H](NC(=O)OCC1c2ccccc2-c2ccccc21)c1nc2c(F)ccc(Cl)c2c(=O)n1N1CCN(C(=O)OC(C)(C)C)CC1. The van der Waals surface area contributed by atoms with Crippen LogP contribution in [0.25, 0.3) is 22.0 Å². The van der Waals surface area contributed by atoms with E-state index in [1.807, 2.05) is 43.3 Å². The van der Waals surface area contributed by atoms with Crippen LogP contribution in [0.2, 0.25) is 5.02 Å². The Bertz CT molecular complexity index is 1850. The maximum atomic E-state index is 15.1. The zero-order valence-corrected chi connectivity index (χ0v) is 27.5. The van der Waals surface area contributed by atoms with E-state index in [0.29, 0.717) is 6.42 Å². The minimum Gasteiger partial charge on any atom is -0.449 e. The van der Waals surface area contributed by atoms with Crippen LogP contribution in [0.3, 0.4) is 0 Å². The Balaban J connectivity index is 1.27. The molecule has 3 aromatic carbocycles. The fourth-order valence-electron chi connectivity index (χ4n) is 6.26. The van der Waals surface area contributed by atoms with Gasteiger partial charge in [0.15, 0.2) is 5.82 Å². The molecule has 1 atom stereocenters. The largest absolute Gasteiger partial charge is 0.449 e. The molecule has 12 heteroatoms.